The predicted octanol–water partition coefficient (Wildman–Crippen LogP) is 4.55. The van der Waals surface area contributed by atoms with Crippen molar-refractivity contribution in [2.45, 2.75) is 32.7 Å². The van der Waals surface area contributed by atoms with Crippen LogP contribution in [0.15, 0.2) is 48.5 Å². The molecule has 0 aromatic heterocycles. The minimum Gasteiger partial charge on any atom is -0.493 e. The van der Waals surface area contributed by atoms with Crippen molar-refractivity contribution in [2.75, 3.05) is 27.3 Å². The van der Waals surface area contributed by atoms with Crippen molar-refractivity contribution >= 4 is 0 Å². The van der Waals surface area contributed by atoms with Gasteiger partial charge >= 0.3 is 0 Å². The highest BCUT2D eigenvalue weighted by Crippen LogP contribution is 2.28. The zero-order chi connectivity index (χ0) is 17.2. The molecule has 0 aliphatic rings. The Morgan fingerprint density at radius 1 is 0.833 bits per heavy atom. The molecule has 2 rings (SSSR count). The van der Waals surface area contributed by atoms with Crippen LogP contribution in [-0.2, 0) is 13.0 Å². The molecule has 24 heavy (non-hydrogen) atoms. The molecule has 0 saturated carbocycles. The Balaban J connectivity index is 2.02. The van der Waals surface area contributed by atoms with E-state index in [4.69, 9.17) is 9.47 Å². The van der Waals surface area contributed by atoms with E-state index >= 15 is 0 Å². The van der Waals surface area contributed by atoms with Gasteiger partial charge in [0.15, 0.2) is 11.5 Å². The van der Waals surface area contributed by atoms with E-state index in [0.29, 0.717) is 0 Å². The summed E-state index contributed by atoms with van der Waals surface area (Å²) >= 11 is 0. The number of hydrogen-bond donors (Lipinski definition) is 0. The van der Waals surface area contributed by atoms with Crippen LogP contribution in [0.1, 0.15) is 30.9 Å². The third-order valence-electron chi connectivity index (χ3n) is 4.24. The first-order chi connectivity index (χ1) is 11.8. The van der Waals surface area contributed by atoms with Crippen LogP contribution in [0, 0.1) is 0 Å². The molecule has 0 aliphatic carbocycles. The van der Waals surface area contributed by atoms with Gasteiger partial charge < -0.3 is 9.47 Å². The summed E-state index contributed by atoms with van der Waals surface area (Å²) < 4.78 is 10.8. The zero-order valence-corrected chi connectivity index (χ0v) is 15.1. The van der Waals surface area contributed by atoms with Crippen molar-refractivity contribution in [2.24, 2.45) is 0 Å². The molecule has 0 heterocycles. The van der Waals surface area contributed by atoms with Gasteiger partial charge in [-0.2, -0.15) is 0 Å². The maximum absolute atomic E-state index is 5.43. The second-order valence-corrected chi connectivity index (χ2v) is 6.05. The van der Waals surface area contributed by atoms with Crippen LogP contribution >= 0.6 is 0 Å². The Hall–Kier alpha value is -2.00. The van der Waals surface area contributed by atoms with Gasteiger partial charge in [-0.15, -0.1) is 0 Å². The minimum absolute atomic E-state index is 0.783. The summed E-state index contributed by atoms with van der Waals surface area (Å²) in [5, 5.41) is 0. The average Bonchev–Trinajstić information content (AvgIpc) is 2.64. The Morgan fingerprint density at radius 3 is 2.25 bits per heavy atom. The van der Waals surface area contributed by atoms with E-state index in [-0.39, 0.29) is 0 Å². The lowest BCUT2D eigenvalue weighted by Gasteiger charge is -2.23. The van der Waals surface area contributed by atoms with E-state index in [9.17, 15) is 0 Å². The van der Waals surface area contributed by atoms with Crippen molar-refractivity contribution in [3.63, 3.8) is 0 Å². The molecule has 0 fully saturated rings. The minimum atomic E-state index is 0.783. The third kappa shape index (κ3) is 5.57. The zero-order valence-electron chi connectivity index (χ0n) is 15.1. The summed E-state index contributed by atoms with van der Waals surface area (Å²) in [6.07, 6.45) is 3.52. The molecule has 2 aromatic rings. The van der Waals surface area contributed by atoms with Crippen molar-refractivity contribution < 1.29 is 9.47 Å². The standard InChI is InChI=1S/C21H29NO2/c1-4-5-14-22(15-13-18-9-7-6-8-10-18)17-19-11-12-20(23-2)21(16-19)24-3/h6-12,16H,4-5,13-15,17H2,1-3H3. The van der Waals surface area contributed by atoms with Crippen LogP contribution < -0.4 is 9.47 Å². The molecular formula is C21H29NO2. The monoisotopic (exact) mass is 327 g/mol. The van der Waals surface area contributed by atoms with Gasteiger partial charge in [0.25, 0.3) is 0 Å². The first-order valence-corrected chi connectivity index (χ1v) is 8.74. The number of methoxy groups -OCH3 is 2. The Morgan fingerprint density at radius 2 is 1.58 bits per heavy atom. The fourth-order valence-electron chi connectivity index (χ4n) is 2.82. The first-order valence-electron chi connectivity index (χ1n) is 8.74. The average molecular weight is 327 g/mol. The third-order valence-corrected chi connectivity index (χ3v) is 4.24. The summed E-state index contributed by atoms with van der Waals surface area (Å²) in [7, 11) is 3.36. The van der Waals surface area contributed by atoms with E-state index in [1.807, 2.05) is 6.07 Å². The van der Waals surface area contributed by atoms with E-state index in [2.05, 4.69) is 54.3 Å². The molecule has 130 valence electrons. The lowest BCUT2D eigenvalue weighted by molar-refractivity contribution is 0.263. The van der Waals surface area contributed by atoms with Crippen molar-refractivity contribution in [1.82, 2.24) is 4.90 Å². The van der Waals surface area contributed by atoms with Crippen LogP contribution in [0.5, 0.6) is 11.5 Å². The number of unbranched alkanes of at least 4 members (excludes halogenated alkanes) is 1. The lowest BCUT2D eigenvalue weighted by Crippen LogP contribution is -2.26. The SMILES string of the molecule is CCCCN(CCc1ccccc1)Cc1ccc(OC)c(OC)c1. The first kappa shape index (κ1) is 18.3. The Bertz CT molecular complexity index is 598. The molecule has 0 N–H and O–H groups in total. The summed E-state index contributed by atoms with van der Waals surface area (Å²) in [5.74, 6) is 1.58. The molecule has 0 bridgehead atoms. The van der Waals surface area contributed by atoms with Crippen LogP contribution in [0.3, 0.4) is 0 Å². The Labute approximate surface area is 146 Å². The molecule has 2 aromatic carbocycles. The normalized spacial score (nSPS) is 10.8. The van der Waals surface area contributed by atoms with Gasteiger partial charge in [0.05, 0.1) is 14.2 Å². The van der Waals surface area contributed by atoms with Gasteiger partial charge in [-0.3, -0.25) is 4.90 Å². The maximum atomic E-state index is 5.43. The molecule has 3 nitrogen and oxygen atoms in total. The quantitative estimate of drug-likeness (QED) is 0.639. The van der Waals surface area contributed by atoms with Gasteiger partial charge in [0.1, 0.15) is 0 Å². The summed E-state index contributed by atoms with van der Waals surface area (Å²) in [4.78, 5) is 2.53. The van der Waals surface area contributed by atoms with Crippen molar-refractivity contribution in [1.29, 1.82) is 0 Å². The predicted molar refractivity (Wildman–Crippen MR) is 99.9 cm³/mol. The highest BCUT2D eigenvalue weighted by Gasteiger charge is 2.09. The second-order valence-electron chi connectivity index (χ2n) is 6.05. The molecule has 0 amide bonds. The second kappa shape index (κ2) is 9.99. The van der Waals surface area contributed by atoms with Crippen LogP contribution in [0.4, 0.5) is 0 Å². The Kier molecular flexibility index (Phi) is 7.63. The number of rotatable bonds is 10. The summed E-state index contributed by atoms with van der Waals surface area (Å²) in [6, 6.07) is 16.9. The molecule has 0 saturated heterocycles. The van der Waals surface area contributed by atoms with Crippen molar-refractivity contribution in [3.05, 3.63) is 59.7 Å². The highest BCUT2D eigenvalue weighted by molar-refractivity contribution is 5.42. The van der Waals surface area contributed by atoms with Gasteiger partial charge in [-0.05, 0) is 42.6 Å². The fraction of sp³-hybridized carbons (Fsp3) is 0.429. The van der Waals surface area contributed by atoms with E-state index in [0.717, 1.165) is 37.6 Å². The van der Waals surface area contributed by atoms with E-state index in [1.54, 1.807) is 14.2 Å². The molecule has 0 aliphatic heterocycles. The number of ether oxygens (including phenoxy) is 2. The van der Waals surface area contributed by atoms with Crippen LogP contribution in [-0.4, -0.2) is 32.2 Å². The highest BCUT2D eigenvalue weighted by atomic mass is 16.5. The fourth-order valence-corrected chi connectivity index (χ4v) is 2.82. The van der Waals surface area contributed by atoms with Gasteiger partial charge in [0, 0.05) is 13.1 Å². The number of nitrogens with zero attached hydrogens (tertiary/aromatic N) is 1. The van der Waals surface area contributed by atoms with E-state index in [1.165, 1.54) is 24.0 Å². The van der Waals surface area contributed by atoms with Crippen molar-refractivity contribution in [3.8, 4) is 11.5 Å². The van der Waals surface area contributed by atoms with Gasteiger partial charge in [0.2, 0.25) is 0 Å². The van der Waals surface area contributed by atoms with Gasteiger partial charge in [-0.25, -0.2) is 0 Å². The summed E-state index contributed by atoms with van der Waals surface area (Å²) in [5.41, 5.74) is 2.66. The number of hydrogen-bond acceptors (Lipinski definition) is 3. The molecule has 0 spiro atoms. The van der Waals surface area contributed by atoms with E-state index < -0.39 is 0 Å². The maximum Gasteiger partial charge on any atom is 0.161 e. The van der Waals surface area contributed by atoms with Crippen LogP contribution in [0.25, 0.3) is 0 Å². The van der Waals surface area contributed by atoms with Crippen LogP contribution in [0.2, 0.25) is 0 Å². The topological polar surface area (TPSA) is 21.7 Å². The molecule has 3 heteroatoms. The molecule has 0 unspecified atom stereocenters. The van der Waals surface area contributed by atoms with Gasteiger partial charge in [-0.1, -0.05) is 49.7 Å². The largest absolute Gasteiger partial charge is 0.493 e. The number of benzene rings is 2. The lowest BCUT2D eigenvalue weighted by atomic mass is 10.1. The molecule has 0 atom stereocenters. The smallest absolute Gasteiger partial charge is 0.161 e. The summed E-state index contributed by atoms with van der Waals surface area (Å²) in [6.45, 7) is 5.37. The molecular weight excluding hydrogens is 298 g/mol. The molecule has 0 radical (unpaired) electrons.